The predicted molar refractivity (Wildman–Crippen MR) is 76.9 cm³/mol. The minimum Gasteiger partial charge on any atom is -0.388 e. The van der Waals surface area contributed by atoms with Gasteiger partial charge in [0.2, 0.25) is 0 Å². The SMILES string of the molecule is O=[N+]([O-])c1ccccc1CSc1nnc(CO)n1C1CC1. The van der Waals surface area contributed by atoms with E-state index in [1.165, 1.54) is 17.8 Å². The van der Waals surface area contributed by atoms with Crippen molar-refractivity contribution in [3.05, 3.63) is 45.8 Å². The Morgan fingerprint density at radius 3 is 2.81 bits per heavy atom. The third-order valence-electron chi connectivity index (χ3n) is 3.33. The van der Waals surface area contributed by atoms with Crippen LogP contribution in [0.5, 0.6) is 0 Å². The lowest BCUT2D eigenvalue weighted by Gasteiger charge is -2.07. The van der Waals surface area contributed by atoms with Crippen molar-refractivity contribution in [2.45, 2.75) is 36.4 Å². The fourth-order valence-electron chi connectivity index (χ4n) is 2.17. The van der Waals surface area contributed by atoms with Gasteiger partial charge in [-0.25, -0.2) is 0 Å². The summed E-state index contributed by atoms with van der Waals surface area (Å²) in [7, 11) is 0. The monoisotopic (exact) mass is 306 g/mol. The molecule has 1 heterocycles. The zero-order valence-corrected chi connectivity index (χ0v) is 12.0. The molecule has 0 amide bonds. The molecule has 0 radical (unpaired) electrons. The van der Waals surface area contributed by atoms with E-state index in [0.29, 0.717) is 28.3 Å². The van der Waals surface area contributed by atoms with Crippen LogP contribution in [0.15, 0.2) is 29.4 Å². The van der Waals surface area contributed by atoms with Crippen molar-refractivity contribution in [3.8, 4) is 0 Å². The second-order valence-corrected chi connectivity index (χ2v) is 5.78. The Morgan fingerprint density at radius 1 is 1.38 bits per heavy atom. The number of hydrogen-bond acceptors (Lipinski definition) is 6. The first-order valence-corrected chi connectivity index (χ1v) is 7.59. The van der Waals surface area contributed by atoms with Crippen LogP contribution in [0, 0.1) is 10.1 Å². The molecule has 0 saturated heterocycles. The first-order chi connectivity index (χ1) is 10.2. The van der Waals surface area contributed by atoms with Gasteiger partial charge >= 0.3 is 0 Å². The summed E-state index contributed by atoms with van der Waals surface area (Å²) in [5, 5.41) is 29.1. The molecule has 2 aromatic rings. The highest BCUT2D eigenvalue weighted by Gasteiger charge is 2.29. The molecule has 7 nitrogen and oxygen atoms in total. The van der Waals surface area contributed by atoms with E-state index >= 15 is 0 Å². The molecule has 1 saturated carbocycles. The summed E-state index contributed by atoms with van der Waals surface area (Å²) >= 11 is 1.41. The van der Waals surface area contributed by atoms with E-state index < -0.39 is 0 Å². The number of rotatable bonds is 6. The number of hydrogen-bond donors (Lipinski definition) is 1. The first kappa shape index (κ1) is 14.0. The van der Waals surface area contributed by atoms with Crippen LogP contribution in [-0.4, -0.2) is 24.8 Å². The molecule has 0 aliphatic heterocycles. The molecule has 1 aromatic heterocycles. The van der Waals surface area contributed by atoms with Gasteiger partial charge in [0.25, 0.3) is 5.69 Å². The quantitative estimate of drug-likeness (QED) is 0.500. The highest BCUT2D eigenvalue weighted by atomic mass is 32.2. The zero-order chi connectivity index (χ0) is 14.8. The Hall–Kier alpha value is -1.93. The Morgan fingerprint density at radius 2 is 2.14 bits per heavy atom. The van der Waals surface area contributed by atoms with E-state index in [1.807, 2.05) is 4.57 Å². The number of para-hydroxylation sites is 1. The van der Waals surface area contributed by atoms with Crippen molar-refractivity contribution in [2.75, 3.05) is 0 Å². The normalized spacial score (nSPS) is 14.3. The van der Waals surface area contributed by atoms with E-state index in [4.69, 9.17) is 0 Å². The van der Waals surface area contributed by atoms with Crippen LogP contribution < -0.4 is 0 Å². The van der Waals surface area contributed by atoms with E-state index in [1.54, 1.807) is 18.2 Å². The molecule has 8 heteroatoms. The van der Waals surface area contributed by atoms with Gasteiger partial charge in [0.15, 0.2) is 11.0 Å². The number of aliphatic hydroxyl groups excluding tert-OH is 1. The fourth-order valence-corrected chi connectivity index (χ4v) is 3.19. The molecular weight excluding hydrogens is 292 g/mol. The predicted octanol–water partition coefficient (Wildman–Crippen LogP) is 2.31. The number of nitro groups is 1. The standard InChI is InChI=1S/C13H14N4O3S/c18-7-12-14-15-13(16(12)10-5-6-10)21-8-9-3-1-2-4-11(9)17(19)20/h1-4,10,18H,5-8H2. The lowest BCUT2D eigenvalue weighted by Crippen LogP contribution is -2.03. The highest BCUT2D eigenvalue weighted by molar-refractivity contribution is 7.98. The fraction of sp³-hybridized carbons (Fsp3) is 0.385. The molecule has 1 N–H and O–H groups in total. The van der Waals surface area contributed by atoms with Crippen LogP contribution in [0.25, 0.3) is 0 Å². The molecule has 1 aliphatic carbocycles. The second-order valence-electron chi connectivity index (χ2n) is 4.83. The molecule has 3 rings (SSSR count). The molecule has 0 atom stereocenters. The first-order valence-electron chi connectivity index (χ1n) is 6.60. The number of aliphatic hydroxyl groups is 1. The van der Waals surface area contributed by atoms with Crippen LogP contribution >= 0.6 is 11.8 Å². The molecule has 1 fully saturated rings. The minimum atomic E-state index is -0.374. The number of nitro benzene ring substituents is 1. The summed E-state index contributed by atoms with van der Waals surface area (Å²) in [5.74, 6) is 1.01. The second kappa shape index (κ2) is 5.82. The Kier molecular flexibility index (Phi) is 3.89. The Balaban J connectivity index is 1.80. The Bertz CT molecular complexity index is 669. The van der Waals surface area contributed by atoms with Crippen LogP contribution in [0.2, 0.25) is 0 Å². The summed E-state index contributed by atoms with van der Waals surface area (Å²) in [6, 6.07) is 7.04. The maximum Gasteiger partial charge on any atom is 0.273 e. The van der Waals surface area contributed by atoms with Crippen molar-refractivity contribution in [1.82, 2.24) is 14.8 Å². The van der Waals surface area contributed by atoms with Gasteiger partial charge in [-0.1, -0.05) is 30.0 Å². The Labute approximate surface area is 125 Å². The summed E-state index contributed by atoms with van der Waals surface area (Å²) in [5.41, 5.74) is 0.772. The van der Waals surface area contributed by atoms with Gasteiger partial charge < -0.3 is 9.67 Å². The molecule has 21 heavy (non-hydrogen) atoms. The maximum atomic E-state index is 11.0. The molecule has 0 unspecified atom stereocenters. The third-order valence-corrected chi connectivity index (χ3v) is 4.33. The van der Waals surface area contributed by atoms with E-state index in [0.717, 1.165) is 12.8 Å². The number of benzene rings is 1. The van der Waals surface area contributed by atoms with E-state index in [-0.39, 0.29) is 17.2 Å². The summed E-state index contributed by atoms with van der Waals surface area (Å²) in [4.78, 5) is 10.6. The van der Waals surface area contributed by atoms with E-state index in [9.17, 15) is 15.2 Å². The van der Waals surface area contributed by atoms with Crippen molar-refractivity contribution in [3.63, 3.8) is 0 Å². The van der Waals surface area contributed by atoms with Crippen LogP contribution in [0.3, 0.4) is 0 Å². The van der Waals surface area contributed by atoms with E-state index in [2.05, 4.69) is 10.2 Å². The average molecular weight is 306 g/mol. The highest BCUT2D eigenvalue weighted by Crippen LogP contribution is 2.39. The van der Waals surface area contributed by atoms with Crippen LogP contribution in [0.4, 0.5) is 5.69 Å². The molecule has 1 aliphatic rings. The topological polar surface area (TPSA) is 94.1 Å². The number of nitrogens with zero attached hydrogens (tertiary/aromatic N) is 4. The largest absolute Gasteiger partial charge is 0.388 e. The number of thioether (sulfide) groups is 1. The third kappa shape index (κ3) is 2.91. The van der Waals surface area contributed by atoms with Gasteiger partial charge in [0.1, 0.15) is 6.61 Å². The van der Waals surface area contributed by atoms with Gasteiger partial charge in [0.05, 0.1) is 4.92 Å². The van der Waals surface area contributed by atoms with Gasteiger partial charge in [-0.15, -0.1) is 10.2 Å². The molecule has 110 valence electrons. The molecular formula is C13H14N4O3S. The molecule has 0 bridgehead atoms. The average Bonchev–Trinajstić information content (AvgIpc) is 3.25. The van der Waals surface area contributed by atoms with Crippen LogP contribution in [-0.2, 0) is 12.4 Å². The van der Waals surface area contributed by atoms with Gasteiger partial charge in [-0.3, -0.25) is 10.1 Å². The van der Waals surface area contributed by atoms with Crippen molar-refractivity contribution >= 4 is 17.4 Å². The number of aromatic nitrogens is 3. The van der Waals surface area contributed by atoms with Crippen molar-refractivity contribution in [2.24, 2.45) is 0 Å². The van der Waals surface area contributed by atoms with Gasteiger partial charge in [0, 0.05) is 23.4 Å². The smallest absolute Gasteiger partial charge is 0.273 e. The lowest BCUT2D eigenvalue weighted by molar-refractivity contribution is -0.385. The van der Waals surface area contributed by atoms with Gasteiger partial charge in [-0.05, 0) is 12.8 Å². The van der Waals surface area contributed by atoms with Crippen LogP contribution in [0.1, 0.15) is 30.3 Å². The zero-order valence-electron chi connectivity index (χ0n) is 11.2. The maximum absolute atomic E-state index is 11.0. The minimum absolute atomic E-state index is 0.116. The lowest BCUT2D eigenvalue weighted by atomic mass is 10.2. The molecule has 0 spiro atoms. The van der Waals surface area contributed by atoms with Crippen molar-refractivity contribution < 1.29 is 10.0 Å². The molecule has 1 aromatic carbocycles. The van der Waals surface area contributed by atoms with Gasteiger partial charge in [-0.2, -0.15) is 0 Å². The summed E-state index contributed by atoms with van der Waals surface area (Å²) in [6.45, 7) is -0.143. The van der Waals surface area contributed by atoms with Crippen molar-refractivity contribution in [1.29, 1.82) is 0 Å². The summed E-state index contributed by atoms with van der Waals surface area (Å²) in [6.07, 6.45) is 2.12. The summed E-state index contributed by atoms with van der Waals surface area (Å²) < 4.78 is 1.94.